The summed E-state index contributed by atoms with van der Waals surface area (Å²) in [6.45, 7) is 8.22. The predicted octanol–water partition coefficient (Wildman–Crippen LogP) is 1.87. The standard InChI is InChI=1S/C13H23N3O/c1-9(14-12-5-7-17-8-6-12)13-10(2)15-16(4)11(13)3/h9,12,14H,5-8H2,1-4H3. The van der Waals surface area contributed by atoms with Gasteiger partial charge in [-0.05, 0) is 33.6 Å². The van der Waals surface area contributed by atoms with E-state index in [1.54, 1.807) is 0 Å². The summed E-state index contributed by atoms with van der Waals surface area (Å²) in [4.78, 5) is 0. The fourth-order valence-electron chi connectivity index (χ4n) is 2.72. The van der Waals surface area contributed by atoms with E-state index in [1.807, 2.05) is 11.7 Å². The largest absolute Gasteiger partial charge is 0.381 e. The number of hydrogen-bond donors (Lipinski definition) is 1. The van der Waals surface area contributed by atoms with Gasteiger partial charge in [0.2, 0.25) is 0 Å². The minimum absolute atomic E-state index is 0.367. The zero-order valence-corrected chi connectivity index (χ0v) is 11.3. The molecular weight excluding hydrogens is 214 g/mol. The fourth-order valence-corrected chi connectivity index (χ4v) is 2.72. The number of aryl methyl sites for hydroxylation is 2. The van der Waals surface area contributed by atoms with Gasteiger partial charge in [-0.2, -0.15) is 5.10 Å². The molecular formula is C13H23N3O. The second-order valence-electron chi connectivity index (χ2n) is 4.98. The topological polar surface area (TPSA) is 39.1 Å². The number of aromatic nitrogens is 2. The zero-order valence-electron chi connectivity index (χ0n) is 11.3. The Hall–Kier alpha value is -0.870. The van der Waals surface area contributed by atoms with Crippen LogP contribution in [0.4, 0.5) is 0 Å². The van der Waals surface area contributed by atoms with Crippen molar-refractivity contribution in [2.24, 2.45) is 7.05 Å². The Morgan fingerprint density at radius 3 is 2.53 bits per heavy atom. The fraction of sp³-hybridized carbons (Fsp3) is 0.769. The summed E-state index contributed by atoms with van der Waals surface area (Å²) in [6.07, 6.45) is 2.23. The van der Waals surface area contributed by atoms with Crippen LogP contribution in [0, 0.1) is 13.8 Å². The molecule has 1 fully saturated rings. The molecule has 1 aromatic heterocycles. The lowest BCUT2D eigenvalue weighted by atomic mass is 10.0. The van der Waals surface area contributed by atoms with Crippen molar-refractivity contribution in [1.29, 1.82) is 0 Å². The summed E-state index contributed by atoms with van der Waals surface area (Å²) in [5, 5.41) is 8.17. The van der Waals surface area contributed by atoms with E-state index in [1.165, 1.54) is 11.3 Å². The van der Waals surface area contributed by atoms with Crippen molar-refractivity contribution in [3.63, 3.8) is 0 Å². The number of ether oxygens (including phenoxy) is 1. The van der Waals surface area contributed by atoms with Crippen LogP contribution in [-0.4, -0.2) is 29.0 Å². The number of nitrogens with one attached hydrogen (secondary N) is 1. The molecule has 1 saturated heterocycles. The summed E-state index contributed by atoms with van der Waals surface area (Å²) in [5.74, 6) is 0. The van der Waals surface area contributed by atoms with Gasteiger partial charge in [-0.15, -0.1) is 0 Å². The molecule has 1 aliphatic rings. The van der Waals surface area contributed by atoms with Gasteiger partial charge in [0.15, 0.2) is 0 Å². The monoisotopic (exact) mass is 237 g/mol. The average molecular weight is 237 g/mol. The van der Waals surface area contributed by atoms with Crippen LogP contribution in [0.2, 0.25) is 0 Å². The SMILES string of the molecule is Cc1nn(C)c(C)c1C(C)NC1CCOCC1. The van der Waals surface area contributed by atoms with Crippen LogP contribution in [0.1, 0.15) is 42.8 Å². The second kappa shape index (κ2) is 5.19. The third-order valence-electron chi connectivity index (χ3n) is 3.71. The van der Waals surface area contributed by atoms with Crippen LogP contribution in [-0.2, 0) is 11.8 Å². The normalized spacial score (nSPS) is 19.5. The summed E-state index contributed by atoms with van der Waals surface area (Å²) >= 11 is 0. The first-order valence-electron chi connectivity index (χ1n) is 6.43. The Morgan fingerprint density at radius 2 is 2.00 bits per heavy atom. The first-order chi connectivity index (χ1) is 8.09. The number of rotatable bonds is 3. The smallest absolute Gasteiger partial charge is 0.0644 e. The van der Waals surface area contributed by atoms with Crippen LogP contribution in [0.5, 0.6) is 0 Å². The Labute approximate surface area is 103 Å². The molecule has 1 aromatic rings. The Balaban J connectivity index is 2.05. The third kappa shape index (κ3) is 2.69. The number of hydrogen-bond acceptors (Lipinski definition) is 3. The minimum Gasteiger partial charge on any atom is -0.381 e. The van der Waals surface area contributed by atoms with Crippen LogP contribution >= 0.6 is 0 Å². The Morgan fingerprint density at radius 1 is 1.35 bits per heavy atom. The summed E-state index contributed by atoms with van der Waals surface area (Å²) < 4.78 is 7.35. The molecule has 4 nitrogen and oxygen atoms in total. The van der Waals surface area contributed by atoms with E-state index < -0.39 is 0 Å². The highest BCUT2D eigenvalue weighted by molar-refractivity contribution is 5.27. The van der Waals surface area contributed by atoms with Crippen molar-refractivity contribution in [2.75, 3.05) is 13.2 Å². The van der Waals surface area contributed by atoms with E-state index in [0.29, 0.717) is 12.1 Å². The molecule has 96 valence electrons. The van der Waals surface area contributed by atoms with Crippen molar-refractivity contribution < 1.29 is 4.74 Å². The van der Waals surface area contributed by atoms with Gasteiger partial charge < -0.3 is 10.1 Å². The zero-order chi connectivity index (χ0) is 12.4. The van der Waals surface area contributed by atoms with E-state index in [2.05, 4.69) is 31.2 Å². The first kappa shape index (κ1) is 12.6. The molecule has 1 aliphatic heterocycles. The molecule has 0 spiro atoms. The Bertz CT molecular complexity index is 380. The van der Waals surface area contributed by atoms with Crippen LogP contribution < -0.4 is 5.32 Å². The molecule has 17 heavy (non-hydrogen) atoms. The highest BCUT2D eigenvalue weighted by Crippen LogP contribution is 2.22. The first-order valence-corrected chi connectivity index (χ1v) is 6.43. The second-order valence-corrected chi connectivity index (χ2v) is 4.98. The summed E-state index contributed by atoms with van der Waals surface area (Å²) in [6, 6.07) is 0.949. The van der Waals surface area contributed by atoms with E-state index in [9.17, 15) is 0 Å². The van der Waals surface area contributed by atoms with Gasteiger partial charge >= 0.3 is 0 Å². The molecule has 0 amide bonds. The van der Waals surface area contributed by atoms with Crippen molar-refractivity contribution >= 4 is 0 Å². The van der Waals surface area contributed by atoms with Gasteiger partial charge in [0, 0.05) is 43.6 Å². The highest BCUT2D eigenvalue weighted by atomic mass is 16.5. The maximum atomic E-state index is 5.38. The molecule has 1 N–H and O–H groups in total. The van der Waals surface area contributed by atoms with Crippen LogP contribution in [0.3, 0.4) is 0 Å². The lowest BCUT2D eigenvalue weighted by molar-refractivity contribution is 0.0754. The summed E-state index contributed by atoms with van der Waals surface area (Å²) in [5.41, 5.74) is 3.74. The van der Waals surface area contributed by atoms with Gasteiger partial charge in [-0.3, -0.25) is 4.68 Å². The molecule has 2 rings (SSSR count). The molecule has 0 bridgehead atoms. The highest BCUT2D eigenvalue weighted by Gasteiger charge is 2.20. The molecule has 2 heterocycles. The van der Waals surface area contributed by atoms with E-state index in [0.717, 1.165) is 31.7 Å². The van der Waals surface area contributed by atoms with E-state index in [-0.39, 0.29) is 0 Å². The van der Waals surface area contributed by atoms with E-state index in [4.69, 9.17) is 4.74 Å². The predicted molar refractivity (Wildman–Crippen MR) is 68.1 cm³/mol. The lowest BCUT2D eigenvalue weighted by Gasteiger charge is -2.27. The maximum absolute atomic E-state index is 5.38. The van der Waals surface area contributed by atoms with Crippen LogP contribution in [0.25, 0.3) is 0 Å². The summed E-state index contributed by atoms with van der Waals surface area (Å²) in [7, 11) is 2.01. The third-order valence-corrected chi connectivity index (χ3v) is 3.71. The maximum Gasteiger partial charge on any atom is 0.0644 e. The molecule has 0 radical (unpaired) electrons. The van der Waals surface area contributed by atoms with Gasteiger partial charge in [0.25, 0.3) is 0 Å². The Kier molecular flexibility index (Phi) is 3.84. The van der Waals surface area contributed by atoms with Gasteiger partial charge in [0.1, 0.15) is 0 Å². The van der Waals surface area contributed by atoms with Gasteiger partial charge in [0.05, 0.1) is 5.69 Å². The average Bonchev–Trinajstić information content (AvgIpc) is 2.54. The molecule has 1 unspecified atom stereocenters. The van der Waals surface area contributed by atoms with Gasteiger partial charge in [-0.25, -0.2) is 0 Å². The molecule has 0 aliphatic carbocycles. The lowest BCUT2D eigenvalue weighted by Crippen LogP contribution is -2.36. The molecule has 1 atom stereocenters. The van der Waals surface area contributed by atoms with Crippen LogP contribution in [0.15, 0.2) is 0 Å². The van der Waals surface area contributed by atoms with Crippen molar-refractivity contribution in [3.8, 4) is 0 Å². The molecule has 0 aromatic carbocycles. The van der Waals surface area contributed by atoms with Crippen molar-refractivity contribution in [2.45, 2.75) is 45.7 Å². The number of nitrogens with zero attached hydrogens (tertiary/aromatic N) is 2. The van der Waals surface area contributed by atoms with E-state index >= 15 is 0 Å². The van der Waals surface area contributed by atoms with Crippen molar-refractivity contribution in [3.05, 3.63) is 17.0 Å². The minimum atomic E-state index is 0.367. The quantitative estimate of drug-likeness (QED) is 0.872. The van der Waals surface area contributed by atoms with Crippen molar-refractivity contribution in [1.82, 2.24) is 15.1 Å². The molecule has 4 heteroatoms. The molecule has 0 saturated carbocycles. The van der Waals surface area contributed by atoms with Gasteiger partial charge in [-0.1, -0.05) is 0 Å².